The summed E-state index contributed by atoms with van der Waals surface area (Å²) in [6.45, 7) is 0.708. The molecule has 0 amide bonds. The number of rotatable bonds is 4. The van der Waals surface area contributed by atoms with Crippen molar-refractivity contribution >= 4 is 11.2 Å². The van der Waals surface area contributed by atoms with Gasteiger partial charge < -0.3 is 4.57 Å². The van der Waals surface area contributed by atoms with Crippen molar-refractivity contribution in [2.45, 2.75) is 25.3 Å². The van der Waals surface area contributed by atoms with E-state index in [0.717, 1.165) is 22.6 Å². The molecule has 5 rings (SSSR count). The van der Waals surface area contributed by atoms with Crippen LogP contribution in [0, 0.1) is 5.82 Å². The molecule has 0 unspecified atom stereocenters. The van der Waals surface area contributed by atoms with Crippen molar-refractivity contribution in [2.24, 2.45) is 0 Å². The lowest BCUT2D eigenvalue weighted by Crippen LogP contribution is -2.02. The molecule has 1 aliphatic rings. The molecule has 0 N–H and O–H groups in total. The molecule has 1 saturated carbocycles. The van der Waals surface area contributed by atoms with E-state index >= 15 is 0 Å². The van der Waals surface area contributed by atoms with E-state index in [2.05, 4.69) is 27.8 Å². The van der Waals surface area contributed by atoms with Crippen LogP contribution in [0.5, 0.6) is 0 Å². The molecule has 0 spiro atoms. The van der Waals surface area contributed by atoms with Crippen LogP contribution in [0.1, 0.15) is 29.9 Å². The molecule has 4 aromatic rings. The lowest BCUT2D eigenvalue weighted by atomic mass is 10.1. The van der Waals surface area contributed by atoms with Crippen molar-refractivity contribution < 1.29 is 4.39 Å². The van der Waals surface area contributed by atoms with Crippen LogP contribution in [0.25, 0.3) is 22.6 Å². The quantitative estimate of drug-likeness (QED) is 0.512. The van der Waals surface area contributed by atoms with E-state index < -0.39 is 0 Å². The second kappa shape index (κ2) is 6.06. The molecule has 0 atom stereocenters. The third-order valence-corrected chi connectivity index (χ3v) is 4.96. The van der Waals surface area contributed by atoms with Crippen molar-refractivity contribution in [3.8, 4) is 11.4 Å². The average Bonchev–Trinajstić information content (AvgIpc) is 3.47. The Morgan fingerprint density at radius 3 is 2.50 bits per heavy atom. The topological polar surface area (TPSA) is 30.7 Å². The van der Waals surface area contributed by atoms with E-state index in [1.54, 1.807) is 12.1 Å². The number of fused-ring (bicyclic) bond motifs is 1. The summed E-state index contributed by atoms with van der Waals surface area (Å²) in [5, 5.41) is 0. The van der Waals surface area contributed by atoms with Crippen LogP contribution in [0.4, 0.5) is 4.39 Å². The Balaban J connectivity index is 1.69. The van der Waals surface area contributed by atoms with Crippen LogP contribution in [0.2, 0.25) is 0 Å². The van der Waals surface area contributed by atoms with Gasteiger partial charge in [-0.05, 0) is 60.2 Å². The average molecular weight is 343 g/mol. The Kier molecular flexibility index (Phi) is 3.56. The van der Waals surface area contributed by atoms with Gasteiger partial charge in [-0.1, -0.05) is 30.3 Å². The largest absolute Gasteiger partial charge is 0.318 e. The van der Waals surface area contributed by atoms with Gasteiger partial charge in [-0.25, -0.2) is 14.4 Å². The maximum atomic E-state index is 13.4. The lowest BCUT2D eigenvalue weighted by Gasteiger charge is -2.10. The van der Waals surface area contributed by atoms with E-state index in [-0.39, 0.29) is 5.82 Å². The molecular formula is C22H18FN3. The summed E-state index contributed by atoms with van der Waals surface area (Å²) in [5.74, 6) is 1.22. The van der Waals surface area contributed by atoms with E-state index in [9.17, 15) is 4.39 Å². The van der Waals surface area contributed by atoms with Crippen molar-refractivity contribution in [3.05, 3.63) is 83.8 Å². The van der Waals surface area contributed by atoms with Gasteiger partial charge in [0.05, 0.1) is 5.52 Å². The molecule has 2 heterocycles. The maximum absolute atomic E-state index is 13.4. The van der Waals surface area contributed by atoms with E-state index in [1.165, 1.54) is 36.1 Å². The van der Waals surface area contributed by atoms with Crippen molar-refractivity contribution in [2.75, 3.05) is 0 Å². The molecule has 3 nitrogen and oxygen atoms in total. The molecular weight excluding hydrogens is 325 g/mol. The van der Waals surface area contributed by atoms with Gasteiger partial charge in [-0.15, -0.1) is 0 Å². The molecule has 0 aliphatic heterocycles. The van der Waals surface area contributed by atoms with E-state index in [1.807, 2.05) is 24.4 Å². The van der Waals surface area contributed by atoms with E-state index in [4.69, 9.17) is 4.98 Å². The molecule has 4 heteroatoms. The van der Waals surface area contributed by atoms with Gasteiger partial charge in [0.15, 0.2) is 5.65 Å². The first-order valence-corrected chi connectivity index (χ1v) is 8.94. The zero-order valence-corrected chi connectivity index (χ0v) is 14.3. The minimum Gasteiger partial charge on any atom is -0.318 e. The van der Waals surface area contributed by atoms with Crippen molar-refractivity contribution in [1.29, 1.82) is 0 Å². The van der Waals surface area contributed by atoms with Gasteiger partial charge in [0.2, 0.25) is 0 Å². The van der Waals surface area contributed by atoms with Crippen molar-refractivity contribution in [1.82, 2.24) is 14.5 Å². The number of pyridine rings is 1. The van der Waals surface area contributed by atoms with Gasteiger partial charge in [0.1, 0.15) is 11.6 Å². The predicted molar refractivity (Wildman–Crippen MR) is 100 cm³/mol. The zero-order valence-electron chi connectivity index (χ0n) is 14.3. The Labute approximate surface area is 151 Å². The lowest BCUT2D eigenvalue weighted by molar-refractivity contribution is 0.628. The summed E-state index contributed by atoms with van der Waals surface area (Å²) < 4.78 is 15.6. The normalized spacial score (nSPS) is 14.0. The highest BCUT2D eigenvalue weighted by molar-refractivity contribution is 5.78. The van der Waals surface area contributed by atoms with Gasteiger partial charge in [0.25, 0.3) is 0 Å². The highest BCUT2D eigenvalue weighted by Crippen LogP contribution is 2.40. The number of nitrogens with zero attached hydrogens (tertiary/aromatic N) is 3. The highest BCUT2D eigenvalue weighted by Gasteiger charge is 2.25. The summed E-state index contributed by atoms with van der Waals surface area (Å²) >= 11 is 0. The Bertz CT molecular complexity index is 1060. The first-order chi connectivity index (χ1) is 12.8. The molecule has 1 aliphatic carbocycles. The fourth-order valence-electron chi connectivity index (χ4n) is 3.41. The number of aromatic nitrogens is 3. The van der Waals surface area contributed by atoms with Gasteiger partial charge in [-0.2, -0.15) is 0 Å². The fourth-order valence-corrected chi connectivity index (χ4v) is 3.41. The second-order valence-corrected chi connectivity index (χ2v) is 6.90. The monoisotopic (exact) mass is 343 g/mol. The van der Waals surface area contributed by atoms with Crippen LogP contribution < -0.4 is 0 Å². The highest BCUT2D eigenvalue weighted by atomic mass is 19.1. The van der Waals surface area contributed by atoms with Gasteiger partial charge in [-0.3, -0.25) is 0 Å². The summed E-state index contributed by atoms with van der Waals surface area (Å²) in [4.78, 5) is 9.36. The number of hydrogen-bond acceptors (Lipinski definition) is 2. The number of imidazole rings is 1. The third-order valence-electron chi connectivity index (χ3n) is 4.96. The molecule has 0 radical (unpaired) electrons. The van der Waals surface area contributed by atoms with Crippen LogP contribution in [0.15, 0.2) is 66.9 Å². The minimum atomic E-state index is -0.242. The van der Waals surface area contributed by atoms with Crippen LogP contribution in [-0.4, -0.2) is 14.5 Å². The minimum absolute atomic E-state index is 0.242. The molecule has 128 valence electrons. The SMILES string of the molecule is Fc1ccc(-c2nc3ncc(C4CC4)cc3n2Cc2ccccc2)cc1. The fraction of sp³-hybridized carbons (Fsp3) is 0.182. The summed E-state index contributed by atoms with van der Waals surface area (Å²) in [6, 6.07) is 19.1. The zero-order chi connectivity index (χ0) is 17.5. The molecule has 0 saturated heterocycles. The first kappa shape index (κ1) is 15.3. The molecule has 2 aromatic carbocycles. The summed E-state index contributed by atoms with van der Waals surface area (Å²) in [7, 11) is 0. The Hall–Kier alpha value is -3.01. The smallest absolute Gasteiger partial charge is 0.178 e. The standard InChI is InChI=1S/C22H18FN3/c23-19-10-8-17(9-11-19)22-25-21-20(12-18(13-24-21)16-6-7-16)26(22)14-15-4-2-1-3-5-15/h1-5,8-13,16H,6-7,14H2. The van der Waals surface area contributed by atoms with E-state index in [0.29, 0.717) is 12.5 Å². The van der Waals surface area contributed by atoms with Crippen LogP contribution >= 0.6 is 0 Å². The van der Waals surface area contributed by atoms with Gasteiger partial charge >= 0.3 is 0 Å². The third kappa shape index (κ3) is 2.77. The second-order valence-electron chi connectivity index (χ2n) is 6.90. The predicted octanol–water partition coefficient (Wildman–Crippen LogP) is 5.16. The first-order valence-electron chi connectivity index (χ1n) is 8.94. The van der Waals surface area contributed by atoms with Crippen molar-refractivity contribution in [3.63, 3.8) is 0 Å². The summed E-state index contributed by atoms with van der Waals surface area (Å²) in [5.41, 5.74) is 5.17. The number of hydrogen-bond donors (Lipinski definition) is 0. The summed E-state index contributed by atoms with van der Waals surface area (Å²) in [6.07, 6.45) is 4.43. The Morgan fingerprint density at radius 2 is 1.77 bits per heavy atom. The number of halogens is 1. The van der Waals surface area contributed by atoms with Gasteiger partial charge in [0, 0.05) is 18.3 Å². The van der Waals surface area contributed by atoms with Crippen LogP contribution in [-0.2, 0) is 6.54 Å². The molecule has 1 fully saturated rings. The molecule has 26 heavy (non-hydrogen) atoms. The maximum Gasteiger partial charge on any atom is 0.178 e. The molecule has 2 aromatic heterocycles. The molecule has 0 bridgehead atoms. The van der Waals surface area contributed by atoms with Crippen LogP contribution in [0.3, 0.4) is 0 Å². The number of benzene rings is 2. The Morgan fingerprint density at radius 1 is 1.00 bits per heavy atom.